The van der Waals surface area contributed by atoms with Crippen molar-refractivity contribution in [3.8, 4) is 11.8 Å². The van der Waals surface area contributed by atoms with Gasteiger partial charge in [-0.3, -0.25) is 23.9 Å². The molecule has 13 heteroatoms. The maximum Gasteiger partial charge on any atom is 0.329 e. The fraction of sp³-hybridized carbons (Fsp3) is 0.357. The topological polar surface area (TPSA) is 126 Å². The van der Waals surface area contributed by atoms with Crippen LogP contribution in [0.4, 0.5) is 13.6 Å². The van der Waals surface area contributed by atoms with Gasteiger partial charge in [-0.1, -0.05) is 24.0 Å². The number of carbonyl (C=O) groups excluding carboxylic acids is 4. The summed E-state index contributed by atoms with van der Waals surface area (Å²) < 4.78 is 32.2. The molecule has 41 heavy (non-hydrogen) atoms. The van der Waals surface area contributed by atoms with E-state index in [9.17, 15) is 28.0 Å². The van der Waals surface area contributed by atoms with Crippen LogP contribution >= 0.6 is 0 Å². The molecule has 1 saturated heterocycles. The molecule has 3 aliphatic heterocycles. The van der Waals surface area contributed by atoms with Gasteiger partial charge in [-0.15, -0.1) is 0 Å². The van der Waals surface area contributed by atoms with E-state index in [0.717, 1.165) is 49.6 Å². The predicted molar refractivity (Wildman–Crippen MR) is 143 cm³/mol. The zero-order valence-corrected chi connectivity index (χ0v) is 21.9. The number of nitrogens with zero attached hydrogens (tertiary/aromatic N) is 5. The molecule has 11 nitrogen and oxygen atoms in total. The van der Waals surface area contributed by atoms with E-state index >= 15 is 0 Å². The minimum Gasteiger partial charge on any atom is -0.379 e. The van der Waals surface area contributed by atoms with Gasteiger partial charge in [0.05, 0.1) is 32.0 Å². The third kappa shape index (κ3) is 6.62. The van der Waals surface area contributed by atoms with Crippen LogP contribution in [0.5, 0.6) is 0 Å². The van der Waals surface area contributed by atoms with Crippen LogP contribution in [0.25, 0.3) is 0 Å². The maximum absolute atomic E-state index is 13.2. The molecule has 3 amide bonds. The number of ether oxygens (including phenoxy) is 1. The Kier molecular flexibility index (Phi) is 8.42. The Morgan fingerprint density at radius 1 is 1.07 bits per heavy atom. The van der Waals surface area contributed by atoms with Gasteiger partial charge in [-0.25, -0.2) is 18.6 Å². The van der Waals surface area contributed by atoms with E-state index in [2.05, 4.69) is 32.0 Å². The Labute approximate surface area is 233 Å². The van der Waals surface area contributed by atoms with Crippen LogP contribution in [-0.2, 0) is 32.2 Å². The van der Waals surface area contributed by atoms with Crippen molar-refractivity contribution in [3.05, 3.63) is 58.9 Å². The van der Waals surface area contributed by atoms with Crippen molar-refractivity contribution in [1.29, 1.82) is 0 Å². The number of rotatable bonds is 8. The van der Waals surface area contributed by atoms with Gasteiger partial charge in [0.15, 0.2) is 0 Å². The summed E-state index contributed by atoms with van der Waals surface area (Å²) in [4.78, 5) is 60.4. The number of Topliss-reactive ketones (excluding diaryl/α,β-unsaturated/α-hetero) is 1. The van der Waals surface area contributed by atoms with Crippen molar-refractivity contribution in [1.82, 2.24) is 19.7 Å². The first kappa shape index (κ1) is 28.0. The number of halogens is 2. The highest BCUT2D eigenvalue weighted by Crippen LogP contribution is 2.24. The molecule has 0 saturated carbocycles. The lowest BCUT2D eigenvalue weighted by Crippen LogP contribution is -2.50. The summed E-state index contributed by atoms with van der Waals surface area (Å²) in [6.45, 7) is 3.16. The van der Waals surface area contributed by atoms with Gasteiger partial charge in [-0.2, -0.15) is 4.99 Å². The lowest BCUT2D eigenvalue weighted by atomic mass is 10.0. The van der Waals surface area contributed by atoms with Crippen LogP contribution in [0.15, 0.2) is 46.5 Å². The van der Waals surface area contributed by atoms with Crippen molar-refractivity contribution in [2.45, 2.75) is 32.0 Å². The van der Waals surface area contributed by atoms with Crippen molar-refractivity contribution >= 4 is 35.7 Å². The summed E-state index contributed by atoms with van der Waals surface area (Å²) in [5, 5.41) is 2.08. The van der Waals surface area contributed by atoms with E-state index in [1.54, 1.807) is 6.07 Å². The second kappa shape index (κ2) is 12.3. The third-order valence-electron chi connectivity index (χ3n) is 6.84. The molecule has 0 bridgehead atoms. The molecule has 1 atom stereocenters. The summed E-state index contributed by atoms with van der Waals surface area (Å²) >= 11 is 0. The molecular formula is C28H26F2N6O5. The van der Waals surface area contributed by atoms with Gasteiger partial charge >= 0.3 is 11.9 Å². The molecule has 5 rings (SSSR count). The van der Waals surface area contributed by atoms with Crippen molar-refractivity contribution in [2.75, 3.05) is 32.8 Å². The standard InChI is InChI=1S/C28H26F2N6O5/c29-24(30)13-31-26(38)23(12-22-25(37)27(39)33-17-32-22)36-16-21-11-20(15-35(21)28(36)40)6-3-18-1-4-19(5-2-18)14-34-7-9-41-10-8-34/h1-2,4-5,11,15,17,23-24H,7-10,12-14,16H2,(H,31,38). The lowest BCUT2D eigenvalue weighted by molar-refractivity contribution is -0.132. The fourth-order valence-electron chi connectivity index (χ4n) is 4.72. The molecule has 4 heterocycles. The predicted octanol–water partition coefficient (Wildman–Crippen LogP) is 1.22. The number of carbonyl (C=O) groups is 4. The third-order valence-corrected chi connectivity index (χ3v) is 6.84. The van der Waals surface area contributed by atoms with Gasteiger partial charge in [0.2, 0.25) is 5.91 Å². The molecule has 0 radical (unpaired) electrons. The highest BCUT2D eigenvalue weighted by atomic mass is 19.3. The van der Waals surface area contributed by atoms with Crippen LogP contribution in [0.1, 0.15) is 28.8 Å². The van der Waals surface area contributed by atoms with Crippen LogP contribution in [0.3, 0.4) is 0 Å². The number of ketones is 1. The molecule has 1 aromatic carbocycles. The molecule has 3 aliphatic rings. The van der Waals surface area contributed by atoms with Crippen LogP contribution in [0, 0.1) is 11.8 Å². The SMILES string of the molecule is O=C1N=CN=C(CC(C(=O)NCC(F)F)N2Cc3cc(C#Cc4ccc(CN5CCOCC5)cc4)cn3C2=O)C1=O. The average molecular weight is 565 g/mol. The van der Waals surface area contributed by atoms with Gasteiger partial charge in [0.1, 0.15) is 12.4 Å². The highest BCUT2D eigenvalue weighted by Gasteiger charge is 2.39. The van der Waals surface area contributed by atoms with Crippen LogP contribution in [0.2, 0.25) is 0 Å². The summed E-state index contributed by atoms with van der Waals surface area (Å²) in [5.74, 6) is 3.15. The first-order valence-electron chi connectivity index (χ1n) is 13.0. The van der Waals surface area contributed by atoms with Crippen LogP contribution in [-0.4, -0.2) is 95.4 Å². The van der Waals surface area contributed by atoms with E-state index in [4.69, 9.17) is 4.74 Å². The fourth-order valence-corrected chi connectivity index (χ4v) is 4.72. The van der Waals surface area contributed by atoms with E-state index < -0.39 is 49.1 Å². The smallest absolute Gasteiger partial charge is 0.329 e. The Morgan fingerprint density at radius 2 is 1.80 bits per heavy atom. The normalized spacial score (nSPS) is 17.8. The Hall–Kier alpha value is -4.54. The molecule has 0 aliphatic carbocycles. The molecule has 212 valence electrons. The van der Waals surface area contributed by atoms with Crippen LogP contribution < -0.4 is 5.32 Å². The highest BCUT2D eigenvalue weighted by molar-refractivity contribution is 6.67. The monoisotopic (exact) mass is 564 g/mol. The number of nitrogens with one attached hydrogen (secondary N) is 1. The largest absolute Gasteiger partial charge is 0.379 e. The van der Waals surface area contributed by atoms with E-state index in [1.165, 1.54) is 16.3 Å². The van der Waals surface area contributed by atoms with Crippen molar-refractivity contribution < 1.29 is 32.7 Å². The molecule has 1 N–H and O–H groups in total. The minimum absolute atomic E-state index is 0.0347. The summed E-state index contributed by atoms with van der Waals surface area (Å²) in [7, 11) is 0. The number of alkyl halides is 2. The maximum atomic E-state index is 13.2. The molecule has 0 spiro atoms. The van der Waals surface area contributed by atoms with E-state index in [0.29, 0.717) is 11.3 Å². The van der Waals surface area contributed by atoms with E-state index in [1.807, 2.05) is 24.3 Å². The summed E-state index contributed by atoms with van der Waals surface area (Å²) in [6, 6.07) is 7.68. The van der Waals surface area contributed by atoms with Gasteiger partial charge in [0, 0.05) is 49.1 Å². The minimum atomic E-state index is -2.81. The molecule has 2 aromatic rings. The van der Waals surface area contributed by atoms with Gasteiger partial charge in [-0.05, 0) is 23.8 Å². The van der Waals surface area contributed by atoms with Gasteiger partial charge in [0.25, 0.3) is 12.2 Å². The number of amides is 3. The Bertz CT molecular complexity index is 1480. The number of benzene rings is 1. The number of hydrogen-bond acceptors (Lipinski definition) is 7. The Morgan fingerprint density at radius 3 is 2.51 bits per heavy atom. The van der Waals surface area contributed by atoms with Crippen molar-refractivity contribution in [3.63, 3.8) is 0 Å². The van der Waals surface area contributed by atoms with Crippen molar-refractivity contribution in [2.24, 2.45) is 9.98 Å². The Balaban J connectivity index is 1.27. The molecule has 1 fully saturated rings. The molecule has 1 unspecified atom stereocenters. The quantitative estimate of drug-likeness (QED) is 0.380. The second-order valence-electron chi connectivity index (χ2n) is 9.65. The second-order valence-corrected chi connectivity index (χ2v) is 9.65. The lowest BCUT2D eigenvalue weighted by Gasteiger charge is -2.26. The molecule has 1 aromatic heterocycles. The summed E-state index contributed by atoms with van der Waals surface area (Å²) in [6.07, 6.45) is -0.834. The first-order valence-corrected chi connectivity index (χ1v) is 13.0. The number of fused-ring (bicyclic) bond motifs is 1. The average Bonchev–Trinajstić information content (AvgIpc) is 3.51. The number of hydrogen-bond donors (Lipinski definition) is 1. The summed E-state index contributed by atoms with van der Waals surface area (Å²) in [5.41, 5.74) is 2.81. The van der Waals surface area contributed by atoms with Gasteiger partial charge < -0.3 is 15.0 Å². The first-order chi connectivity index (χ1) is 19.8. The zero-order chi connectivity index (χ0) is 28.9. The number of aliphatic imine (C=N–C) groups is 2. The van der Waals surface area contributed by atoms with E-state index in [-0.39, 0.29) is 12.3 Å². The number of aromatic nitrogens is 1. The number of morpholine rings is 1. The zero-order valence-electron chi connectivity index (χ0n) is 21.9. The molecular weight excluding hydrogens is 538 g/mol.